The van der Waals surface area contributed by atoms with E-state index in [0.29, 0.717) is 18.3 Å². The first-order valence-electron chi connectivity index (χ1n) is 9.70. The highest BCUT2D eigenvalue weighted by Gasteiger charge is 2.21. The second-order valence-corrected chi connectivity index (χ2v) is 6.98. The minimum atomic E-state index is 0.305. The van der Waals surface area contributed by atoms with E-state index in [1.54, 1.807) is 12.1 Å². The van der Waals surface area contributed by atoms with Gasteiger partial charge in [-0.25, -0.2) is 0 Å². The van der Waals surface area contributed by atoms with E-state index in [9.17, 15) is 5.11 Å². The van der Waals surface area contributed by atoms with Gasteiger partial charge in [0.2, 0.25) is 0 Å². The van der Waals surface area contributed by atoms with Gasteiger partial charge in [0.05, 0.1) is 11.9 Å². The molecule has 1 saturated heterocycles. The number of aryl methyl sites for hydroxylation is 1. The van der Waals surface area contributed by atoms with Crippen molar-refractivity contribution in [3.05, 3.63) is 42.2 Å². The van der Waals surface area contributed by atoms with Crippen molar-refractivity contribution in [2.24, 2.45) is 12.0 Å². The monoisotopic (exact) mass is 370 g/mol. The van der Waals surface area contributed by atoms with Crippen molar-refractivity contribution in [2.45, 2.75) is 32.2 Å². The molecule has 0 bridgehead atoms. The third kappa shape index (κ3) is 5.64. The highest BCUT2D eigenvalue weighted by Crippen LogP contribution is 2.19. The van der Waals surface area contributed by atoms with Crippen LogP contribution in [-0.2, 0) is 13.5 Å². The molecule has 7 nitrogen and oxygen atoms in total. The first-order chi connectivity index (χ1) is 13.1. The smallest absolute Gasteiger partial charge is 0.191 e. The van der Waals surface area contributed by atoms with Crippen LogP contribution in [-0.4, -0.2) is 53.1 Å². The summed E-state index contributed by atoms with van der Waals surface area (Å²) in [6, 6.07) is 7.73. The van der Waals surface area contributed by atoms with Gasteiger partial charge in [-0.3, -0.25) is 9.67 Å². The number of aliphatic imine (C=N–C) groups is 1. The zero-order chi connectivity index (χ0) is 19.1. The second kappa shape index (κ2) is 9.30. The Labute approximate surface area is 161 Å². The largest absolute Gasteiger partial charge is 0.508 e. The fourth-order valence-corrected chi connectivity index (χ4v) is 3.42. The van der Waals surface area contributed by atoms with Crippen LogP contribution < -0.4 is 15.5 Å². The molecule has 0 spiro atoms. The molecule has 3 N–H and O–H groups in total. The minimum absolute atomic E-state index is 0.305. The summed E-state index contributed by atoms with van der Waals surface area (Å²) in [7, 11) is 1.95. The van der Waals surface area contributed by atoms with Crippen molar-refractivity contribution in [1.82, 2.24) is 20.4 Å². The van der Waals surface area contributed by atoms with Crippen molar-refractivity contribution in [1.29, 1.82) is 0 Å². The van der Waals surface area contributed by atoms with Crippen LogP contribution in [0.3, 0.4) is 0 Å². The average Bonchev–Trinajstić information content (AvgIpc) is 3.09. The topological polar surface area (TPSA) is 77.7 Å². The van der Waals surface area contributed by atoms with E-state index in [2.05, 4.69) is 33.8 Å². The predicted molar refractivity (Wildman–Crippen MR) is 109 cm³/mol. The summed E-state index contributed by atoms with van der Waals surface area (Å²) in [6.45, 7) is 5.60. The van der Waals surface area contributed by atoms with Crippen molar-refractivity contribution in [2.75, 3.05) is 31.1 Å². The van der Waals surface area contributed by atoms with Crippen molar-refractivity contribution in [3.63, 3.8) is 0 Å². The molecule has 146 valence electrons. The third-order valence-electron chi connectivity index (χ3n) is 4.74. The molecule has 0 saturated carbocycles. The number of guanidine groups is 1. The number of hydrogen-bond acceptors (Lipinski definition) is 4. The van der Waals surface area contributed by atoms with E-state index < -0.39 is 0 Å². The van der Waals surface area contributed by atoms with E-state index in [-0.39, 0.29) is 0 Å². The number of nitrogens with zero attached hydrogens (tertiary/aromatic N) is 4. The van der Waals surface area contributed by atoms with Gasteiger partial charge in [-0.05, 0) is 43.9 Å². The zero-order valence-corrected chi connectivity index (χ0v) is 16.2. The molecule has 1 fully saturated rings. The Hall–Kier alpha value is -2.70. The Kier molecular flexibility index (Phi) is 6.57. The summed E-state index contributed by atoms with van der Waals surface area (Å²) in [5.41, 5.74) is 2.27. The van der Waals surface area contributed by atoms with Gasteiger partial charge in [-0.2, -0.15) is 5.10 Å². The van der Waals surface area contributed by atoms with Crippen LogP contribution >= 0.6 is 0 Å². The molecule has 7 heteroatoms. The lowest BCUT2D eigenvalue weighted by Gasteiger charge is -2.34. The second-order valence-electron chi connectivity index (χ2n) is 6.98. The summed E-state index contributed by atoms with van der Waals surface area (Å²) < 4.78 is 1.85. The number of hydrogen-bond donors (Lipinski definition) is 3. The number of aromatic hydroxyl groups is 1. The fraction of sp³-hybridized carbons (Fsp3) is 0.500. The van der Waals surface area contributed by atoms with Crippen LogP contribution in [0.15, 0.2) is 41.7 Å². The maximum Gasteiger partial charge on any atom is 0.191 e. The number of piperidine rings is 1. The van der Waals surface area contributed by atoms with Gasteiger partial charge >= 0.3 is 0 Å². The summed E-state index contributed by atoms with van der Waals surface area (Å²) >= 11 is 0. The standard InChI is InChI=1S/C20H30N6O/c1-3-21-20(22-10-9-16-6-4-8-19(27)12-16)24-17-7-5-11-26(14-17)18-13-23-25(2)15-18/h4,6,8,12-13,15,17,27H,3,5,7,9-11,14H2,1-2H3,(H2,21,22,24). The number of anilines is 1. The number of benzene rings is 1. The molecule has 1 atom stereocenters. The van der Waals surface area contributed by atoms with E-state index in [1.165, 1.54) is 5.69 Å². The predicted octanol–water partition coefficient (Wildman–Crippen LogP) is 1.89. The molecule has 1 aliphatic heterocycles. The Morgan fingerprint density at radius 2 is 2.30 bits per heavy atom. The van der Waals surface area contributed by atoms with E-state index in [1.807, 2.05) is 30.1 Å². The number of rotatable bonds is 6. The number of phenolic OH excluding ortho intramolecular Hbond substituents is 1. The highest BCUT2D eigenvalue weighted by molar-refractivity contribution is 5.80. The van der Waals surface area contributed by atoms with Gasteiger partial charge in [0.15, 0.2) is 5.96 Å². The van der Waals surface area contributed by atoms with Crippen molar-refractivity contribution < 1.29 is 5.11 Å². The molecule has 27 heavy (non-hydrogen) atoms. The normalized spacial score (nSPS) is 17.8. The number of phenols is 1. The third-order valence-corrected chi connectivity index (χ3v) is 4.74. The van der Waals surface area contributed by atoms with Crippen molar-refractivity contribution >= 4 is 11.6 Å². The van der Waals surface area contributed by atoms with Gasteiger partial charge < -0.3 is 20.6 Å². The van der Waals surface area contributed by atoms with Gasteiger partial charge in [0, 0.05) is 45.5 Å². The molecule has 3 rings (SSSR count). The van der Waals surface area contributed by atoms with Crippen molar-refractivity contribution in [3.8, 4) is 5.75 Å². The van der Waals surface area contributed by atoms with Gasteiger partial charge in [0.25, 0.3) is 0 Å². The van der Waals surface area contributed by atoms with Crippen LogP contribution in [0.5, 0.6) is 5.75 Å². The van der Waals surface area contributed by atoms with Gasteiger partial charge in [-0.15, -0.1) is 0 Å². The lowest BCUT2D eigenvalue weighted by Crippen LogP contribution is -2.51. The molecular weight excluding hydrogens is 340 g/mol. The highest BCUT2D eigenvalue weighted by atomic mass is 16.3. The maximum absolute atomic E-state index is 9.57. The van der Waals surface area contributed by atoms with E-state index >= 15 is 0 Å². The lowest BCUT2D eigenvalue weighted by molar-refractivity contribution is 0.468. The number of aromatic nitrogens is 2. The van der Waals surface area contributed by atoms with Gasteiger partial charge in [0.1, 0.15) is 5.75 Å². The molecule has 0 amide bonds. The molecular formula is C20H30N6O. The Bertz CT molecular complexity index is 756. The van der Waals surface area contributed by atoms with E-state index in [0.717, 1.165) is 50.4 Å². The molecule has 2 heterocycles. The fourth-order valence-electron chi connectivity index (χ4n) is 3.42. The summed E-state index contributed by atoms with van der Waals surface area (Å²) in [5.74, 6) is 1.16. The number of nitrogens with one attached hydrogen (secondary N) is 2. The lowest BCUT2D eigenvalue weighted by atomic mass is 10.1. The van der Waals surface area contributed by atoms with E-state index in [4.69, 9.17) is 4.99 Å². The Morgan fingerprint density at radius 1 is 1.41 bits per heavy atom. The molecule has 0 radical (unpaired) electrons. The molecule has 1 aliphatic rings. The average molecular weight is 371 g/mol. The molecule has 2 aromatic rings. The maximum atomic E-state index is 9.57. The quantitative estimate of drug-likeness (QED) is 0.535. The molecule has 1 aromatic carbocycles. The Morgan fingerprint density at radius 3 is 3.04 bits per heavy atom. The molecule has 0 aliphatic carbocycles. The van der Waals surface area contributed by atoms with Crippen LogP contribution in [0.25, 0.3) is 0 Å². The SMILES string of the molecule is CCNC(=NCCc1cccc(O)c1)NC1CCCN(c2cnn(C)c2)C1. The summed E-state index contributed by atoms with van der Waals surface area (Å²) in [6.07, 6.45) is 7.08. The van der Waals surface area contributed by atoms with Crippen LogP contribution in [0.2, 0.25) is 0 Å². The first kappa shape index (κ1) is 19.1. The van der Waals surface area contributed by atoms with Gasteiger partial charge in [-0.1, -0.05) is 12.1 Å². The van der Waals surface area contributed by atoms with Crippen LogP contribution in [0.1, 0.15) is 25.3 Å². The first-order valence-corrected chi connectivity index (χ1v) is 9.70. The summed E-state index contributed by atoms with van der Waals surface area (Å²) in [4.78, 5) is 7.09. The molecule has 1 aromatic heterocycles. The summed E-state index contributed by atoms with van der Waals surface area (Å²) in [5, 5.41) is 20.8. The Balaban J connectivity index is 1.56. The minimum Gasteiger partial charge on any atom is -0.508 e. The zero-order valence-electron chi connectivity index (χ0n) is 16.2. The van der Waals surface area contributed by atoms with Crippen LogP contribution in [0.4, 0.5) is 5.69 Å². The van der Waals surface area contributed by atoms with Crippen LogP contribution in [0, 0.1) is 0 Å². The molecule has 1 unspecified atom stereocenters.